The van der Waals surface area contributed by atoms with Crippen LogP contribution in [0.15, 0.2) is 44.0 Å². The van der Waals surface area contributed by atoms with Crippen LogP contribution in [0.2, 0.25) is 0 Å². The van der Waals surface area contributed by atoms with Crippen LogP contribution in [0.25, 0.3) is 20.9 Å². The second kappa shape index (κ2) is 6.74. The van der Waals surface area contributed by atoms with E-state index in [0.29, 0.717) is 0 Å². The second-order valence-electron chi connectivity index (χ2n) is 4.45. The highest BCUT2D eigenvalue weighted by molar-refractivity contribution is 9.11. The maximum atomic E-state index is 5.47. The normalized spacial score (nSPS) is 10.7. The summed E-state index contributed by atoms with van der Waals surface area (Å²) >= 11 is 10.7. The van der Waals surface area contributed by atoms with Crippen LogP contribution in [0, 0.1) is 0 Å². The molecule has 2 nitrogen and oxygen atoms in total. The Bertz CT molecular complexity index is 741. The molecule has 0 aliphatic carbocycles. The Morgan fingerprint density at radius 1 is 0.773 bits per heavy atom. The summed E-state index contributed by atoms with van der Waals surface area (Å²) in [6.07, 6.45) is 0. The maximum Gasteiger partial charge on any atom is 0.161 e. The Morgan fingerprint density at radius 2 is 1.18 bits per heavy atom. The minimum Gasteiger partial charge on any atom is -0.493 e. The van der Waals surface area contributed by atoms with E-state index in [0.717, 1.165) is 31.6 Å². The molecule has 1 aromatic carbocycles. The molecular formula is C16H12Br2O2S2. The molecule has 0 N–H and O–H groups in total. The maximum absolute atomic E-state index is 5.47. The van der Waals surface area contributed by atoms with Crippen molar-refractivity contribution in [1.82, 2.24) is 0 Å². The quantitative estimate of drug-likeness (QED) is 0.432. The molecule has 0 spiro atoms. The summed E-state index contributed by atoms with van der Waals surface area (Å²) in [5.74, 6) is 1.46. The summed E-state index contributed by atoms with van der Waals surface area (Å²) in [5, 5.41) is 4.15. The third kappa shape index (κ3) is 2.85. The fourth-order valence-corrected chi connectivity index (χ4v) is 5.46. The molecule has 3 rings (SSSR count). The van der Waals surface area contributed by atoms with E-state index in [1.807, 2.05) is 12.1 Å². The van der Waals surface area contributed by atoms with Crippen molar-refractivity contribution >= 4 is 54.5 Å². The van der Waals surface area contributed by atoms with Crippen LogP contribution >= 0.6 is 54.5 Å². The van der Waals surface area contributed by atoms with Crippen LogP contribution in [0.3, 0.4) is 0 Å². The van der Waals surface area contributed by atoms with Crippen molar-refractivity contribution in [2.24, 2.45) is 0 Å². The van der Waals surface area contributed by atoms with Gasteiger partial charge in [0.1, 0.15) is 0 Å². The van der Waals surface area contributed by atoms with Crippen molar-refractivity contribution < 1.29 is 9.47 Å². The van der Waals surface area contributed by atoms with E-state index in [2.05, 4.69) is 54.8 Å². The summed E-state index contributed by atoms with van der Waals surface area (Å²) in [4.78, 5) is 2.35. The van der Waals surface area contributed by atoms with E-state index < -0.39 is 0 Å². The molecule has 0 aliphatic rings. The van der Waals surface area contributed by atoms with Gasteiger partial charge in [0.25, 0.3) is 0 Å². The number of methoxy groups -OCH3 is 2. The van der Waals surface area contributed by atoms with Crippen LogP contribution in [0.1, 0.15) is 0 Å². The van der Waals surface area contributed by atoms with E-state index in [-0.39, 0.29) is 0 Å². The molecule has 0 atom stereocenters. The van der Waals surface area contributed by atoms with Gasteiger partial charge in [0.2, 0.25) is 0 Å². The SMILES string of the molecule is COc1cc(-c2sccc2Br)c(-c2sccc2Br)cc1OC. The molecule has 0 fully saturated rings. The van der Waals surface area contributed by atoms with Gasteiger partial charge in [-0.25, -0.2) is 0 Å². The van der Waals surface area contributed by atoms with E-state index in [1.54, 1.807) is 36.9 Å². The second-order valence-corrected chi connectivity index (χ2v) is 7.99. The van der Waals surface area contributed by atoms with Crippen molar-refractivity contribution in [2.75, 3.05) is 14.2 Å². The Balaban J connectivity index is 2.31. The van der Waals surface area contributed by atoms with Crippen LogP contribution in [-0.2, 0) is 0 Å². The average Bonchev–Trinajstić information content (AvgIpc) is 3.14. The smallest absolute Gasteiger partial charge is 0.161 e. The first kappa shape index (κ1) is 16.1. The molecule has 22 heavy (non-hydrogen) atoms. The Hall–Kier alpha value is -0.820. The number of halogens is 2. The molecule has 114 valence electrons. The van der Waals surface area contributed by atoms with Crippen LogP contribution in [-0.4, -0.2) is 14.2 Å². The molecule has 0 aliphatic heterocycles. The van der Waals surface area contributed by atoms with Crippen molar-refractivity contribution in [1.29, 1.82) is 0 Å². The highest BCUT2D eigenvalue weighted by Crippen LogP contribution is 2.47. The van der Waals surface area contributed by atoms with E-state index in [1.165, 1.54) is 9.75 Å². The number of benzene rings is 1. The molecular weight excluding hydrogens is 448 g/mol. The predicted octanol–water partition coefficient (Wildman–Crippen LogP) is 6.69. The van der Waals surface area contributed by atoms with Gasteiger partial charge in [0.05, 0.1) is 14.2 Å². The highest BCUT2D eigenvalue weighted by atomic mass is 79.9. The van der Waals surface area contributed by atoms with Crippen molar-refractivity contribution in [3.05, 3.63) is 44.0 Å². The zero-order valence-corrected chi connectivity index (χ0v) is 16.7. The van der Waals surface area contributed by atoms with E-state index in [9.17, 15) is 0 Å². The van der Waals surface area contributed by atoms with Crippen LogP contribution in [0.4, 0.5) is 0 Å². The Kier molecular flexibility index (Phi) is 4.92. The van der Waals surface area contributed by atoms with Gasteiger partial charge in [-0.05, 0) is 66.9 Å². The predicted molar refractivity (Wildman–Crippen MR) is 102 cm³/mol. The van der Waals surface area contributed by atoms with Gasteiger partial charge in [0, 0.05) is 29.8 Å². The number of rotatable bonds is 4. The fourth-order valence-electron chi connectivity index (χ4n) is 2.23. The van der Waals surface area contributed by atoms with Gasteiger partial charge < -0.3 is 9.47 Å². The summed E-state index contributed by atoms with van der Waals surface area (Å²) in [6, 6.07) is 8.20. The van der Waals surface area contributed by atoms with E-state index in [4.69, 9.17) is 9.47 Å². The first-order chi connectivity index (χ1) is 10.7. The minimum atomic E-state index is 0.731. The van der Waals surface area contributed by atoms with Gasteiger partial charge in [-0.3, -0.25) is 0 Å². The number of ether oxygens (including phenoxy) is 2. The number of hydrogen-bond acceptors (Lipinski definition) is 4. The zero-order valence-electron chi connectivity index (χ0n) is 11.9. The molecule has 6 heteroatoms. The monoisotopic (exact) mass is 458 g/mol. The lowest BCUT2D eigenvalue weighted by Crippen LogP contribution is -1.93. The largest absolute Gasteiger partial charge is 0.493 e. The van der Waals surface area contributed by atoms with Gasteiger partial charge >= 0.3 is 0 Å². The topological polar surface area (TPSA) is 18.5 Å². The molecule has 0 radical (unpaired) electrons. The molecule has 0 unspecified atom stereocenters. The number of hydrogen-bond donors (Lipinski definition) is 0. The van der Waals surface area contributed by atoms with Crippen molar-refractivity contribution in [3.63, 3.8) is 0 Å². The van der Waals surface area contributed by atoms with Crippen molar-refractivity contribution in [3.8, 4) is 32.4 Å². The summed E-state index contributed by atoms with van der Waals surface area (Å²) < 4.78 is 13.1. The number of thiophene rings is 2. The van der Waals surface area contributed by atoms with Crippen LogP contribution < -0.4 is 9.47 Å². The summed E-state index contributed by atoms with van der Waals surface area (Å²) in [5.41, 5.74) is 2.25. The lowest BCUT2D eigenvalue weighted by Gasteiger charge is -2.14. The average molecular weight is 460 g/mol. The van der Waals surface area contributed by atoms with Gasteiger partial charge in [-0.1, -0.05) is 0 Å². The minimum absolute atomic E-state index is 0.731. The van der Waals surface area contributed by atoms with Crippen molar-refractivity contribution in [2.45, 2.75) is 0 Å². The first-order valence-electron chi connectivity index (χ1n) is 6.38. The molecule has 2 heterocycles. The van der Waals surface area contributed by atoms with Gasteiger partial charge in [-0.15, -0.1) is 22.7 Å². The molecule has 0 amide bonds. The Labute approximate surface area is 154 Å². The highest BCUT2D eigenvalue weighted by Gasteiger charge is 2.19. The molecule has 2 aromatic heterocycles. The summed E-state index contributed by atoms with van der Waals surface area (Å²) in [7, 11) is 3.32. The van der Waals surface area contributed by atoms with Gasteiger partial charge in [0.15, 0.2) is 11.5 Å². The molecule has 0 bridgehead atoms. The molecule has 0 saturated carbocycles. The fraction of sp³-hybridized carbons (Fsp3) is 0.125. The lowest BCUT2D eigenvalue weighted by atomic mass is 10.0. The summed E-state index contributed by atoms with van der Waals surface area (Å²) in [6.45, 7) is 0. The first-order valence-corrected chi connectivity index (χ1v) is 9.73. The van der Waals surface area contributed by atoms with Gasteiger partial charge in [-0.2, -0.15) is 0 Å². The van der Waals surface area contributed by atoms with E-state index >= 15 is 0 Å². The standard InChI is InChI=1S/C16H12Br2O2S2/c1-19-13-7-9(15-11(17)3-5-21-15)10(8-14(13)20-2)16-12(18)4-6-22-16/h3-8H,1-2H3. The zero-order chi connectivity index (χ0) is 15.7. The Morgan fingerprint density at radius 3 is 1.45 bits per heavy atom. The third-order valence-corrected chi connectivity index (χ3v) is 6.99. The lowest BCUT2D eigenvalue weighted by molar-refractivity contribution is 0.355. The molecule has 0 saturated heterocycles. The third-order valence-electron chi connectivity index (χ3n) is 3.25. The molecule has 3 aromatic rings. The van der Waals surface area contributed by atoms with Crippen LogP contribution in [0.5, 0.6) is 11.5 Å².